The van der Waals surface area contributed by atoms with Gasteiger partial charge in [0.2, 0.25) is 0 Å². The highest BCUT2D eigenvalue weighted by molar-refractivity contribution is 5.82. The molecule has 0 radical (unpaired) electrons. The average molecular weight is 244 g/mol. The Kier molecular flexibility index (Phi) is 7.09. The SMILES string of the molecule is CCCC/C=C/[C@H](C)C(=O)CCc1ccccc1. The maximum atomic E-state index is 11.9. The average Bonchev–Trinajstić information content (AvgIpc) is 2.42. The summed E-state index contributed by atoms with van der Waals surface area (Å²) in [5.74, 6) is 0.400. The third-order valence-electron chi connectivity index (χ3n) is 3.16. The summed E-state index contributed by atoms with van der Waals surface area (Å²) >= 11 is 0. The summed E-state index contributed by atoms with van der Waals surface area (Å²) in [6.07, 6.45) is 9.21. The van der Waals surface area contributed by atoms with E-state index < -0.39 is 0 Å². The number of allylic oxidation sites excluding steroid dienone is 2. The lowest BCUT2D eigenvalue weighted by molar-refractivity contribution is -0.121. The first kappa shape index (κ1) is 14.7. The second-order valence-corrected chi connectivity index (χ2v) is 4.81. The quantitative estimate of drug-likeness (QED) is 0.483. The molecule has 1 nitrogen and oxygen atoms in total. The van der Waals surface area contributed by atoms with Crippen LogP contribution in [0.1, 0.15) is 45.1 Å². The van der Waals surface area contributed by atoms with Gasteiger partial charge < -0.3 is 0 Å². The summed E-state index contributed by atoms with van der Waals surface area (Å²) < 4.78 is 0. The van der Waals surface area contributed by atoms with Crippen LogP contribution in [0.25, 0.3) is 0 Å². The molecule has 1 aromatic rings. The van der Waals surface area contributed by atoms with Crippen molar-refractivity contribution >= 4 is 5.78 Å². The normalized spacial score (nSPS) is 12.8. The van der Waals surface area contributed by atoms with E-state index in [2.05, 4.69) is 31.2 Å². The predicted molar refractivity (Wildman–Crippen MR) is 77.6 cm³/mol. The topological polar surface area (TPSA) is 17.1 Å². The van der Waals surface area contributed by atoms with Crippen molar-refractivity contribution in [3.8, 4) is 0 Å². The van der Waals surface area contributed by atoms with E-state index in [-0.39, 0.29) is 5.92 Å². The van der Waals surface area contributed by atoms with Crippen molar-refractivity contribution in [2.45, 2.75) is 46.0 Å². The second kappa shape index (κ2) is 8.68. The zero-order valence-corrected chi connectivity index (χ0v) is 11.6. The number of carbonyl (C=O) groups excluding carboxylic acids is 1. The molecule has 0 spiro atoms. The maximum Gasteiger partial charge on any atom is 0.139 e. The van der Waals surface area contributed by atoms with Crippen LogP contribution in [0.2, 0.25) is 0 Å². The second-order valence-electron chi connectivity index (χ2n) is 4.81. The minimum atomic E-state index is 0.0607. The third kappa shape index (κ3) is 5.81. The van der Waals surface area contributed by atoms with Gasteiger partial charge in [-0.25, -0.2) is 0 Å². The molecule has 0 saturated heterocycles. The summed E-state index contributed by atoms with van der Waals surface area (Å²) in [6.45, 7) is 4.18. The van der Waals surface area contributed by atoms with E-state index in [1.54, 1.807) is 0 Å². The van der Waals surface area contributed by atoms with E-state index in [0.29, 0.717) is 12.2 Å². The monoisotopic (exact) mass is 244 g/mol. The van der Waals surface area contributed by atoms with Gasteiger partial charge in [-0.2, -0.15) is 0 Å². The molecule has 1 rings (SSSR count). The van der Waals surface area contributed by atoms with Gasteiger partial charge in [-0.3, -0.25) is 4.79 Å². The van der Waals surface area contributed by atoms with Gasteiger partial charge in [0.25, 0.3) is 0 Å². The zero-order chi connectivity index (χ0) is 13.2. The number of ketones is 1. The number of carbonyl (C=O) groups is 1. The number of hydrogen-bond donors (Lipinski definition) is 0. The molecule has 98 valence electrons. The minimum Gasteiger partial charge on any atom is -0.299 e. The van der Waals surface area contributed by atoms with Crippen molar-refractivity contribution in [3.63, 3.8) is 0 Å². The van der Waals surface area contributed by atoms with E-state index in [4.69, 9.17) is 0 Å². The fourth-order valence-corrected chi connectivity index (χ4v) is 1.87. The molecule has 0 aliphatic carbocycles. The van der Waals surface area contributed by atoms with Crippen molar-refractivity contribution in [1.29, 1.82) is 0 Å². The van der Waals surface area contributed by atoms with Crippen molar-refractivity contribution in [3.05, 3.63) is 48.0 Å². The zero-order valence-electron chi connectivity index (χ0n) is 11.6. The van der Waals surface area contributed by atoms with Crippen LogP contribution in [-0.4, -0.2) is 5.78 Å². The van der Waals surface area contributed by atoms with Crippen LogP contribution in [0.3, 0.4) is 0 Å². The van der Waals surface area contributed by atoms with Crippen LogP contribution in [0.5, 0.6) is 0 Å². The Bertz CT molecular complexity index is 364. The first-order valence-electron chi connectivity index (χ1n) is 6.97. The van der Waals surface area contributed by atoms with Gasteiger partial charge in [0, 0.05) is 12.3 Å². The molecular formula is C17H24O. The molecule has 0 N–H and O–H groups in total. The number of benzene rings is 1. The van der Waals surface area contributed by atoms with Crippen LogP contribution < -0.4 is 0 Å². The lowest BCUT2D eigenvalue weighted by Crippen LogP contribution is -2.09. The third-order valence-corrected chi connectivity index (χ3v) is 3.16. The molecular weight excluding hydrogens is 220 g/mol. The van der Waals surface area contributed by atoms with Gasteiger partial charge in [0.05, 0.1) is 0 Å². The fraction of sp³-hybridized carbons (Fsp3) is 0.471. The highest BCUT2D eigenvalue weighted by Crippen LogP contribution is 2.09. The summed E-state index contributed by atoms with van der Waals surface area (Å²) in [4.78, 5) is 11.9. The smallest absolute Gasteiger partial charge is 0.139 e. The molecule has 0 bridgehead atoms. The van der Waals surface area contributed by atoms with Gasteiger partial charge in [0.15, 0.2) is 0 Å². The molecule has 0 amide bonds. The predicted octanol–water partition coefficient (Wildman–Crippen LogP) is 4.57. The number of hydrogen-bond acceptors (Lipinski definition) is 1. The minimum absolute atomic E-state index is 0.0607. The molecule has 1 aromatic carbocycles. The van der Waals surface area contributed by atoms with Gasteiger partial charge in [-0.05, 0) is 18.4 Å². The van der Waals surface area contributed by atoms with Crippen LogP contribution in [0.4, 0.5) is 0 Å². The molecule has 0 saturated carbocycles. The van der Waals surface area contributed by atoms with Crippen LogP contribution in [0.15, 0.2) is 42.5 Å². The number of Topliss-reactive ketones (excluding diaryl/α,β-unsaturated/α-hetero) is 1. The van der Waals surface area contributed by atoms with Crippen LogP contribution in [-0.2, 0) is 11.2 Å². The van der Waals surface area contributed by atoms with Crippen molar-refractivity contribution in [2.24, 2.45) is 5.92 Å². The van der Waals surface area contributed by atoms with Crippen molar-refractivity contribution in [2.75, 3.05) is 0 Å². The van der Waals surface area contributed by atoms with Crippen LogP contribution >= 0.6 is 0 Å². The van der Waals surface area contributed by atoms with Gasteiger partial charge in [-0.15, -0.1) is 0 Å². The fourth-order valence-electron chi connectivity index (χ4n) is 1.87. The van der Waals surface area contributed by atoms with Gasteiger partial charge in [-0.1, -0.05) is 69.2 Å². The lowest BCUT2D eigenvalue weighted by atomic mass is 9.99. The summed E-state index contributed by atoms with van der Waals surface area (Å²) in [5.41, 5.74) is 1.24. The Labute approximate surface area is 111 Å². The molecule has 18 heavy (non-hydrogen) atoms. The highest BCUT2D eigenvalue weighted by atomic mass is 16.1. The number of aryl methyl sites for hydroxylation is 1. The molecule has 0 aromatic heterocycles. The van der Waals surface area contributed by atoms with Crippen LogP contribution in [0, 0.1) is 5.92 Å². The van der Waals surface area contributed by atoms with E-state index in [1.807, 2.05) is 25.1 Å². The Morgan fingerprint density at radius 1 is 1.28 bits per heavy atom. The molecule has 1 heteroatoms. The van der Waals surface area contributed by atoms with Crippen molar-refractivity contribution < 1.29 is 4.79 Å². The Morgan fingerprint density at radius 3 is 2.67 bits per heavy atom. The van der Waals surface area contributed by atoms with Gasteiger partial charge >= 0.3 is 0 Å². The van der Waals surface area contributed by atoms with Gasteiger partial charge in [0.1, 0.15) is 5.78 Å². The number of rotatable bonds is 8. The van der Waals surface area contributed by atoms with E-state index >= 15 is 0 Å². The first-order valence-corrected chi connectivity index (χ1v) is 6.97. The molecule has 0 heterocycles. The van der Waals surface area contributed by atoms with E-state index in [9.17, 15) is 4.79 Å². The highest BCUT2D eigenvalue weighted by Gasteiger charge is 2.09. The van der Waals surface area contributed by atoms with E-state index in [0.717, 1.165) is 12.8 Å². The molecule has 0 fully saturated rings. The molecule has 0 aliphatic heterocycles. The largest absolute Gasteiger partial charge is 0.299 e. The first-order chi connectivity index (χ1) is 8.74. The van der Waals surface area contributed by atoms with E-state index in [1.165, 1.54) is 18.4 Å². The summed E-state index contributed by atoms with van der Waals surface area (Å²) in [7, 11) is 0. The Hall–Kier alpha value is -1.37. The number of unbranched alkanes of at least 4 members (excludes halogenated alkanes) is 2. The maximum absolute atomic E-state index is 11.9. The Morgan fingerprint density at radius 2 is 2.00 bits per heavy atom. The Balaban J connectivity index is 2.29. The summed E-state index contributed by atoms with van der Waals surface area (Å²) in [5, 5.41) is 0. The standard InChI is InChI=1S/C17H24O/c1-3-4-5-7-10-15(2)17(18)14-13-16-11-8-6-9-12-16/h6-12,15H,3-5,13-14H2,1-2H3/b10-7+/t15-/m0/s1. The molecule has 0 aliphatic rings. The molecule has 0 unspecified atom stereocenters. The van der Waals surface area contributed by atoms with Crippen molar-refractivity contribution in [1.82, 2.24) is 0 Å². The lowest BCUT2D eigenvalue weighted by Gasteiger charge is -2.05. The molecule has 1 atom stereocenters. The summed E-state index contributed by atoms with van der Waals surface area (Å²) in [6, 6.07) is 10.2.